The number of allylic oxidation sites excluding steroid dienone is 2. The molecule has 0 amide bonds. The Hall–Kier alpha value is -3.68. The van der Waals surface area contributed by atoms with Gasteiger partial charge in [-0.3, -0.25) is 19.2 Å². The van der Waals surface area contributed by atoms with Crippen molar-refractivity contribution in [3.63, 3.8) is 0 Å². The molecule has 8 nitrogen and oxygen atoms in total. The predicted octanol–water partition coefficient (Wildman–Crippen LogP) is 9.62. The molecule has 0 saturated carbocycles. The largest absolute Gasteiger partial charge is 0.481 e. The Morgan fingerprint density at radius 3 is 1.66 bits per heavy atom. The van der Waals surface area contributed by atoms with E-state index >= 15 is 0 Å². The highest BCUT2D eigenvalue weighted by molar-refractivity contribution is 5.99. The number of carbonyl (C=O) groups excluding carboxylic acids is 2. The summed E-state index contributed by atoms with van der Waals surface area (Å²) in [4.78, 5) is 47.4. The SMILES string of the molecule is C/C(=C\Cc1c(C)c(OC(=O)CCC(=O)O)c2ccccc2c1OC(=O)CCC(=O)O)CCC[C@H](C)CCC[C@H](C)CCCC(C)C. The molecule has 0 heterocycles. The quantitative estimate of drug-likeness (QED) is 0.0731. The maximum atomic E-state index is 12.7. The zero-order valence-corrected chi connectivity index (χ0v) is 29.4. The number of fused-ring (bicyclic) bond motifs is 1. The molecule has 0 bridgehead atoms. The van der Waals surface area contributed by atoms with Gasteiger partial charge in [-0.2, -0.15) is 0 Å². The van der Waals surface area contributed by atoms with Crippen LogP contribution in [0.4, 0.5) is 0 Å². The van der Waals surface area contributed by atoms with Crippen LogP contribution in [0.5, 0.6) is 11.5 Å². The number of ether oxygens (including phenoxy) is 2. The highest BCUT2D eigenvalue weighted by Crippen LogP contribution is 2.41. The zero-order valence-electron chi connectivity index (χ0n) is 29.4. The molecule has 0 aliphatic heterocycles. The first-order valence-corrected chi connectivity index (χ1v) is 17.3. The minimum absolute atomic E-state index is 0.279. The van der Waals surface area contributed by atoms with Crippen LogP contribution >= 0.6 is 0 Å². The lowest BCUT2D eigenvalue weighted by molar-refractivity contribution is -0.142. The summed E-state index contributed by atoms with van der Waals surface area (Å²) in [5.74, 6) is -0.659. The fourth-order valence-corrected chi connectivity index (χ4v) is 5.88. The molecule has 0 aliphatic carbocycles. The molecule has 2 aromatic carbocycles. The Morgan fingerprint density at radius 2 is 1.15 bits per heavy atom. The minimum Gasteiger partial charge on any atom is -0.481 e. The Bertz CT molecular complexity index is 1370. The van der Waals surface area contributed by atoms with E-state index in [2.05, 4.69) is 40.7 Å². The average molecular weight is 653 g/mol. The molecular formula is C39H56O8. The second-order valence-electron chi connectivity index (χ2n) is 13.7. The number of aliphatic carboxylic acids is 2. The zero-order chi connectivity index (χ0) is 34.9. The molecule has 0 saturated heterocycles. The van der Waals surface area contributed by atoms with Crippen LogP contribution in [-0.4, -0.2) is 34.1 Å². The number of hydrogen-bond donors (Lipinski definition) is 2. The molecule has 0 spiro atoms. The lowest BCUT2D eigenvalue weighted by Crippen LogP contribution is -2.14. The minimum atomic E-state index is -1.09. The molecule has 2 atom stereocenters. The van der Waals surface area contributed by atoms with Crippen molar-refractivity contribution in [2.24, 2.45) is 17.8 Å². The van der Waals surface area contributed by atoms with Crippen LogP contribution in [0.15, 0.2) is 35.9 Å². The summed E-state index contributed by atoms with van der Waals surface area (Å²) in [5.41, 5.74) is 2.46. The molecule has 260 valence electrons. The highest BCUT2D eigenvalue weighted by Gasteiger charge is 2.23. The van der Waals surface area contributed by atoms with E-state index in [0.717, 1.165) is 31.1 Å². The number of benzene rings is 2. The molecule has 0 fully saturated rings. The smallest absolute Gasteiger partial charge is 0.311 e. The van der Waals surface area contributed by atoms with Crippen molar-refractivity contribution in [2.75, 3.05) is 0 Å². The Morgan fingerprint density at radius 1 is 0.681 bits per heavy atom. The van der Waals surface area contributed by atoms with Gasteiger partial charge in [0, 0.05) is 16.3 Å². The normalized spacial score (nSPS) is 13.0. The van der Waals surface area contributed by atoms with Crippen molar-refractivity contribution in [3.8, 4) is 11.5 Å². The van der Waals surface area contributed by atoms with E-state index in [4.69, 9.17) is 19.7 Å². The summed E-state index contributed by atoms with van der Waals surface area (Å²) in [7, 11) is 0. The topological polar surface area (TPSA) is 127 Å². The van der Waals surface area contributed by atoms with Gasteiger partial charge in [-0.05, 0) is 56.4 Å². The third-order valence-corrected chi connectivity index (χ3v) is 8.80. The first-order valence-electron chi connectivity index (χ1n) is 17.3. The van der Waals surface area contributed by atoms with E-state index in [9.17, 15) is 19.2 Å². The molecule has 0 aromatic heterocycles. The van der Waals surface area contributed by atoms with Gasteiger partial charge >= 0.3 is 23.9 Å². The molecule has 2 rings (SSSR count). The lowest BCUT2D eigenvalue weighted by atomic mass is 9.91. The highest BCUT2D eigenvalue weighted by atomic mass is 16.5. The van der Waals surface area contributed by atoms with Crippen LogP contribution in [0.3, 0.4) is 0 Å². The van der Waals surface area contributed by atoms with E-state index in [1.54, 1.807) is 31.2 Å². The standard InChI is InChI=1S/C39H56O8/c1-26(2)12-9-13-27(3)14-10-15-28(4)16-11-17-29(5)20-21-31-30(6)38(46-36(44)24-22-34(40)41)32-18-7-8-19-33(32)39(31)47-37(45)25-23-35(42)43/h7-8,18-20,26-28H,9-17,21-25H2,1-6H3,(H,40,41)(H,42,43)/b29-20+/t27-,28-/m1/s1. The third kappa shape index (κ3) is 14.7. The summed E-state index contributed by atoms with van der Waals surface area (Å²) in [6, 6.07) is 7.06. The summed E-state index contributed by atoms with van der Waals surface area (Å²) >= 11 is 0. The predicted molar refractivity (Wildman–Crippen MR) is 186 cm³/mol. The van der Waals surface area contributed by atoms with Gasteiger partial charge in [-0.25, -0.2) is 0 Å². The number of carboxylic acids is 2. The van der Waals surface area contributed by atoms with Gasteiger partial charge in [0.15, 0.2) is 0 Å². The fourth-order valence-electron chi connectivity index (χ4n) is 5.88. The molecule has 0 aliphatic rings. The maximum absolute atomic E-state index is 12.7. The van der Waals surface area contributed by atoms with Crippen LogP contribution in [0.25, 0.3) is 10.8 Å². The van der Waals surface area contributed by atoms with Gasteiger partial charge in [-0.1, -0.05) is 109 Å². The van der Waals surface area contributed by atoms with Gasteiger partial charge in [0.25, 0.3) is 0 Å². The third-order valence-electron chi connectivity index (χ3n) is 8.80. The monoisotopic (exact) mass is 652 g/mol. The Balaban J connectivity index is 2.17. The molecule has 8 heteroatoms. The van der Waals surface area contributed by atoms with Gasteiger partial charge in [0.2, 0.25) is 0 Å². The van der Waals surface area contributed by atoms with E-state index in [1.165, 1.54) is 44.1 Å². The Kier molecular flexibility index (Phi) is 17.3. The summed E-state index contributed by atoms with van der Waals surface area (Å²) in [5, 5.41) is 19.2. The molecule has 47 heavy (non-hydrogen) atoms. The number of hydrogen-bond acceptors (Lipinski definition) is 6. The number of esters is 2. The summed E-state index contributed by atoms with van der Waals surface area (Å²) in [6.45, 7) is 13.2. The molecule has 0 radical (unpaired) electrons. The van der Waals surface area contributed by atoms with Gasteiger partial charge in [0.05, 0.1) is 25.7 Å². The van der Waals surface area contributed by atoms with Crippen molar-refractivity contribution in [3.05, 3.63) is 47.0 Å². The van der Waals surface area contributed by atoms with Gasteiger partial charge in [-0.15, -0.1) is 0 Å². The van der Waals surface area contributed by atoms with Crippen LogP contribution in [0.1, 0.15) is 129 Å². The van der Waals surface area contributed by atoms with Crippen molar-refractivity contribution < 1.29 is 38.9 Å². The first kappa shape index (κ1) is 39.5. The first-order chi connectivity index (χ1) is 22.3. The summed E-state index contributed by atoms with van der Waals surface area (Å²) < 4.78 is 11.5. The molecule has 0 unspecified atom stereocenters. The number of carboxylic acid groups (broad SMARTS) is 2. The number of carbonyl (C=O) groups is 4. The maximum Gasteiger partial charge on any atom is 0.311 e. The van der Waals surface area contributed by atoms with Crippen molar-refractivity contribution >= 4 is 34.6 Å². The van der Waals surface area contributed by atoms with E-state index in [-0.39, 0.29) is 25.7 Å². The molecule has 2 N–H and O–H groups in total. The second-order valence-corrected chi connectivity index (χ2v) is 13.7. The van der Waals surface area contributed by atoms with Crippen molar-refractivity contribution in [1.29, 1.82) is 0 Å². The molecular weight excluding hydrogens is 596 g/mol. The van der Waals surface area contributed by atoms with Crippen LogP contribution in [0.2, 0.25) is 0 Å². The van der Waals surface area contributed by atoms with E-state index in [0.29, 0.717) is 45.7 Å². The lowest BCUT2D eigenvalue weighted by Gasteiger charge is -2.19. The number of rotatable bonds is 22. The van der Waals surface area contributed by atoms with Crippen LogP contribution in [0, 0.1) is 24.7 Å². The summed E-state index contributed by atoms with van der Waals surface area (Å²) in [6.07, 6.45) is 12.2. The average Bonchev–Trinajstić information content (AvgIpc) is 3.00. The molecule has 2 aromatic rings. The van der Waals surface area contributed by atoms with Crippen LogP contribution in [-0.2, 0) is 25.6 Å². The second kappa shape index (κ2) is 20.5. The van der Waals surface area contributed by atoms with Crippen molar-refractivity contribution in [2.45, 2.75) is 131 Å². The Labute approximate surface area is 280 Å². The van der Waals surface area contributed by atoms with Gasteiger partial charge in [0.1, 0.15) is 11.5 Å². The van der Waals surface area contributed by atoms with Gasteiger partial charge < -0.3 is 19.7 Å². The van der Waals surface area contributed by atoms with Crippen LogP contribution < -0.4 is 9.47 Å². The van der Waals surface area contributed by atoms with E-state index in [1.807, 2.05) is 0 Å². The fraction of sp³-hybridized carbons (Fsp3) is 0.590. The van der Waals surface area contributed by atoms with E-state index < -0.39 is 23.9 Å². The van der Waals surface area contributed by atoms with Crippen molar-refractivity contribution in [1.82, 2.24) is 0 Å².